The number of aryl methyl sites for hydroxylation is 3. The zero-order valence-corrected chi connectivity index (χ0v) is 25.6. The molecule has 226 valence electrons. The molecule has 0 aliphatic carbocycles. The molecule has 1 saturated heterocycles. The van der Waals surface area contributed by atoms with Crippen molar-refractivity contribution in [1.82, 2.24) is 19.4 Å². The maximum atomic E-state index is 12.8. The van der Waals surface area contributed by atoms with E-state index in [9.17, 15) is 4.79 Å². The molecule has 0 bridgehead atoms. The summed E-state index contributed by atoms with van der Waals surface area (Å²) < 4.78 is 13.2. The number of piperidine rings is 1. The number of aromatic nitrogens is 3. The third-order valence-corrected chi connectivity index (χ3v) is 7.87. The maximum absolute atomic E-state index is 12.8. The molecule has 0 atom stereocenters. The molecule has 0 spiro atoms. The predicted octanol–water partition coefficient (Wildman–Crippen LogP) is 6.48. The molecular weight excluding hydrogens is 542 g/mol. The fraction of sp³-hybridized carbons (Fsp3) is 0.364. The number of rotatable bonds is 10. The quantitative estimate of drug-likeness (QED) is 0.195. The van der Waals surface area contributed by atoms with Gasteiger partial charge in [-0.15, -0.1) is 0 Å². The molecule has 10 heteroatoms. The van der Waals surface area contributed by atoms with Gasteiger partial charge in [-0.25, -0.2) is 14.8 Å². The Labute approximate surface area is 253 Å². The van der Waals surface area contributed by atoms with Crippen LogP contribution in [0.1, 0.15) is 37.8 Å². The van der Waals surface area contributed by atoms with E-state index in [4.69, 9.17) is 14.5 Å². The van der Waals surface area contributed by atoms with Crippen LogP contribution in [0.15, 0.2) is 60.9 Å². The van der Waals surface area contributed by atoms with Crippen LogP contribution >= 0.6 is 0 Å². The molecule has 2 aromatic heterocycles. The molecule has 3 N–H and O–H groups in total. The molecule has 43 heavy (non-hydrogen) atoms. The first-order valence-electron chi connectivity index (χ1n) is 14.9. The topological polar surface area (TPSA) is 106 Å². The average molecular weight is 584 g/mol. The summed E-state index contributed by atoms with van der Waals surface area (Å²) in [4.78, 5) is 24.4. The number of anilines is 4. The molecule has 1 fully saturated rings. The van der Waals surface area contributed by atoms with Crippen molar-refractivity contribution in [2.75, 3.05) is 43.2 Å². The van der Waals surface area contributed by atoms with Gasteiger partial charge in [0.25, 0.3) is 0 Å². The zero-order valence-electron chi connectivity index (χ0n) is 25.6. The van der Waals surface area contributed by atoms with E-state index in [0.29, 0.717) is 29.2 Å². The summed E-state index contributed by atoms with van der Waals surface area (Å²) in [5, 5.41) is 9.88. The highest BCUT2D eigenvalue weighted by Gasteiger charge is 2.18. The maximum Gasteiger partial charge on any atom is 0.417 e. The van der Waals surface area contributed by atoms with E-state index >= 15 is 0 Å². The number of carbonyl (C=O) groups is 1. The van der Waals surface area contributed by atoms with Crippen molar-refractivity contribution in [3.8, 4) is 22.9 Å². The monoisotopic (exact) mass is 583 g/mol. The molecule has 1 aliphatic heterocycles. The van der Waals surface area contributed by atoms with E-state index in [-0.39, 0.29) is 0 Å². The van der Waals surface area contributed by atoms with Crippen molar-refractivity contribution < 1.29 is 14.3 Å². The number of benzene rings is 2. The number of methoxy groups -OCH3 is 1. The summed E-state index contributed by atoms with van der Waals surface area (Å²) >= 11 is 0. The Morgan fingerprint density at radius 2 is 1.77 bits per heavy atom. The van der Waals surface area contributed by atoms with Crippen LogP contribution in [-0.4, -0.2) is 58.8 Å². The van der Waals surface area contributed by atoms with E-state index in [1.54, 1.807) is 25.6 Å². The van der Waals surface area contributed by atoms with Gasteiger partial charge in [0, 0.05) is 43.3 Å². The Kier molecular flexibility index (Phi) is 9.46. The van der Waals surface area contributed by atoms with Crippen molar-refractivity contribution in [1.29, 1.82) is 0 Å². The highest BCUT2D eigenvalue weighted by molar-refractivity contribution is 5.88. The molecule has 1 aliphatic rings. The molecular formula is C33H41N7O3. The summed E-state index contributed by atoms with van der Waals surface area (Å²) in [6.07, 6.45) is 6.78. The largest absolute Gasteiger partial charge is 0.494 e. The van der Waals surface area contributed by atoms with Crippen LogP contribution < -0.4 is 25.4 Å². The Hall–Kier alpha value is -4.57. The molecule has 10 nitrogen and oxygen atoms in total. The van der Waals surface area contributed by atoms with Gasteiger partial charge in [-0.2, -0.15) is 0 Å². The third-order valence-electron chi connectivity index (χ3n) is 7.87. The smallest absolute Gasteiger partial charge is 0.417 e. The lowest BCUT2D eigenvalue weighted by Crippen LogP contribution is -2.36. The van der Waals surface area contributed by atoms with E-state index in [1.807, 2.05) is 54.1 Å². The minimum absolute atomic E-state index is 0.421. The van der Waals surface area contributed by atoms with Crippen LogP contribution in [0.25, 0.3) is 11.4 Å². The first-order valence-corrected chi connectivity index (χ1v) is 14.9. The van der Waals surface area contributed by atoms with Gasteiger partial charge < -0.3 is 29.6 Å². The first-order chi connectivity index (χ1) is 20.9. The van der Waals surface area contributed by atoms with Crippen LogP contribution in [0.4, 0.5) is 27.8 Å². The summed E-state index contributed by atoms with van der Waals surface area (Å²) in [5.41, 5.74) is 6.22. The summed E-state index contributed by atoms with van der Waals surface area (Å²) in [6, 6.07) is 16.1. The summed E-state index contributed by atoms with van der Waals surface area (Å²) in [7, 11) is 5.70. The fourth-order valence-electron chi connectivity index (χ4n) is 5.44. The number of nitrogens with one attached hydrogen (secondary N) is 3. The second-order valence-corrected chi connectivity index (χ2v) is 10.9. The first kappa shape index (κ1) is 29.9. The molecule has 5 rings (SSSR count). The zero-order chi connectivity index (χ0) is 30.3. The number of likely N-dealkylation sites (tertiary alicyclic amines) is 1. The highest BCUT2D eigenvalue weighted by Crippen LogP contribution is 2.32. The van der Waals surface area contributed by atoms with Gasteiger partial charge in [-0.1, -0.05) is 32.0 Å². The number of amides is 1. The van der Waals surface area contributed by atoms with Crippen molar-refractivity contribution >= 4 is 29.1 Å². The van der Waals surface area contributed by atoms with Crippen molar-refractivity contribution in [2.45, 2.75) is 45.6 Å². The minimum Gasteiger partial charge on any atom is -0.494 e. The van der Waals surface area contributed by atoms with Gasteiger partial charge in [-0.05, 0) is 75.1 Å². The molecule has 0 unspecified atom stereocenters. The van der Waals surface area contributed by atoms with E-state index in [0.717, 1.165) is 72.7 Å². The number of hydrogen-bond donors (Lipinski definition) is 3. The molecule has 4 aromatic rings. The molecule has 0 radical (unpaired) electrons. The van der Waals surface area contributed by atoms with Crippen molar-refractivity contribution in [2.24, 2.45) is 7.05 Å². The SMILES string of the molecule is CCc1cccc(CC)c1NC(=O)Oc1cc(-c2ccnc(Nc3ccc(NC4CCN(C)CC4)cc3OC)n2)n(C)c1. The third kappa shape index (κ3) is 7.26. The lowest BCUT2D eigenvalue weighted by atomic mass is 10.0. The molecule has 3 heterocycles. The fourth-order valence-corrected chi connectivity index (χ4v) is 5.44. The van der Waals surface area contributed by atoms with Crippen LogP contribution in [0, 0.1) is 0 Å². The number of nitrogens with zero attached hydrogens (tertiary/aromatic N) is 4. The van der Waals surface area contributed by atoms with Crippen LogP contribution in [-0.2, 0) is 19.9 Å². The lowest BCUT2D eigenvalue weighted by molar-refractivity contribution is 0.215. The van der Waals surface area contributed by atoms with Gasteiger partial charge >= 0.3 is 6.09 Å². The second-order valence-electron chi connectivity index (χ2n) is 10.9. The van der Waals surface area contributed by atoms with E-state index in [1.165, 1.54) is 0 Å². The van der Waals surface area contributed by atoms with E-state index in [2.05, 4.69) is 46.7 Å². The van der Waals surface area contributed by atoms with Gasteiger partial charge in [0.15, 0.2) is 5.75 Å². The number of carbonyl (C=O) groups excluding carboxylic acids is 1. The van der Waals surface area contributed by atoms with Gasteiger partial charge in [-0.3, -0.25) is 5.32 Å². The number of para-hydroxylation sites is 1. The normalized spacial score (nSPS) is 13.9. The Morgan fingerprint density at radius 3 is 2.47 bits per heavy atom. The van der Waals surface area contributed by atoms with Gasteiger partial charge in [0.2, 0.25) is 5.95 Å². The lowest BCUT2D eigenvalue weighted by Gasteiger charge is -2.30. The number of ether oxygens (including phenoxy) is 2. The standard InChI is InChI=1S/C33H41N7O3/c1-6-22-9-8-10-23(7-2)31(22)38-33(41)43-26-20-29(40(4)21-26)27-13-16-34-32(36-27)37-28-12-11-25(19-30(28)42-5)35-24-14-17-39(3)18-15-24/h8-13,16,19-21,24,35H,6-7,14-15,17-18H2,1-5H3,(H,38,41)(H,34,36,37). The van der Waals surface area contributed by atoms with Crippen molar-refractivity contribution in [3.63, 3.8) is 0 Å². The summed E-state index contributed by atoms with van der Waals surface area (Å²) in [5.74, 6) is 1.55. The highest BCUT2D eigenvalue weighted by atomic mass is 16.6. The van der Waals surface area contributed by atoms with Gasteiger partial charge in [0.1, 0.15) is 5.75 Å². The van der Waals surface area contributed by atoms with Crippen LogP contribution in [0.3, 0.4) is 0 Å². The van der Waals surface area contributed by atoms with Crippen LogP contribution in [0.2, 0.25) is 0 Å². The van der Waals surface area contributed by atoms with Crippen LogP contribution in [0.5, 0.6) is 11.5 Å². The Balaban J connectivity index is 1.27. The Morgan fingerprint density at radius 1 is 1.02 bits per heavy atom. The van der Waals surface area contributed by atoms with Gasteiger partial charge in [0.05, 0.1) is 29.9 Å². The average Bonchev–Trinajstić information content (AvgIpc) is 3.38. The van der Waals surface area contributed by atoms with E-state index < -0.39 is 6.09 Å². The summed E-state index contributed by atoms with van der Waals surface area (Å²) in [6.45, 7) is 6.33. The molecule has 0 saturated carbocycles. The second kappa shape index (κ2) is 13.6. The number of hydrogen-bond acceptors (Lipinski definition) is 8. The molecule has 2 aromatic carbocycles. The molecule has 1 amide bonds. The predicted molar refractivity (Wildman–Crippen MR) is 172 cm³/mol. The minimum atomic E-state index is -0.529. The van der Waals surface area contributed by atoms with Crippen molar-refractivity contribution in [3.05, 3.63) is 72.1 Å². The Bertz CT molecular complexity index is 1540.